The standard InChI is InChI=1S/C12H19NO/c1-7(2)12-6-10-9(8(3)13)4-5-11(10)14-12/h6-9H,4-5,13H2,1-3H3. The SMILES string of the molecule is CC(C)c1cc2c(o1)CCC2C(C)N. The van der Waals surface area contributed by atoms with Crippen molar-refractivity contribution >= 4 is 0 Å². The second-order valence-electron chi connectivity index (χ2n) is 4.69. The first-order chi connectivity index (χ1) is 6.59. The number of hydrogen-bond donors (Lipinski definition) is 1. The van der Waals surface area contributed by atoms with Gasteiger partial charge in [0.25, 0.3) is 0 Å². The van der Waals surface area contributed by atoms with Gasteiger partial charge in [0.05, 0.1) is 0 Å². The van der Waals surface area contributed by atoms with Gasteiger partial charge in [-0.15, -0.1) is 0 Å². The van der Waals surface area contributed by atoms with E-state index >= 15 is 0 Å². The van der Waals surface area contributed by atoms with Crippen LogP contribution >= 0.6 is 0 Å². The molecule has 2 nitrogen and oxygen atoms in total. The van der Waals surface area contributed by atoms with Crippen molar-refractivity contribution < 1.29 is 4.42 Å². The van der Waals surface area contributed by atoms with Crippen LogP contribution in [0.1, 0.15) is 56.1 Å². The zero-order valence-corrected chi connectivity index (χ0v) is 9.21. The van der Waals surface area contributed by atoms with Crippen LogP contribution in [0.25, 0.3) is 0 Å². The van der Waals surface area contributed by atoms with Gasteiger partial charge in [0.1, 0.15) is 11.5 Å². The summed E-state index contributed by atoms with van der Waals surface area (Å²) >= 11 is 0. The molecule has 0 aromatic carbocycles. The zero-order valence-electron chi connectivity index (χ0n) is 9.21. The van der Waals surface area contributed by atoms with Gasteiger partial charge in [-0.25, -0.2) is 0 Å². The van der Waals surface area contributed by atoms with E-state index in [0.717, 1.165) is 18.6 Å². The summed E-state index contributed by atoms with van der Waals surface area (Å²) in [6, 6.07) is 2.45. The molecule has 0 saturated heterocycles. The molecular weight excluding hydrogens is 174 g/mol. The number of aryl methyl sites for hydroxylation is 1. The highest BCUT2D eigenvalue weighted by molar-refractivity contribution is 5.32. The van der Waals surface area contributed by atoms with E-state index in [0.29, 0.717) is 11.8 Å². The van der Waals surface area contributed by atoms with E-state index in [1.165, 1.54) is 11.3 Å². The lowest BCUT2D eigenvalue weighted by atomic mass is 9.96. The van der Waals surface area contributed by atoms with Crippen molar-refractivity contribution in [3.05, 3.63) is 23.2 Å². The lowest BCUT2D eigenvalue weighted by molar-refractivity contribution is 0.449. The highest BCUT2D eigenvalue weighted by atomic mass is 16.3. The molecule has 0 fully saturated rings. The Balaban J connectivity index is 2.30. The van der Waals surface area contributed by atoms with Crippen LogP contribution in [0.5, 0.6) is 0 Å². The summed E-state index contributed by atoms with van der Waals surface area (Å²) < 4.78 is 5.81. The molecule has 78 valence electrons. The van der Waals surface area contributed by atoms with Gasteiger partial charge in [-0.1, -0.05) is 13.8 Å². The Morgan fingerprint density at radius 1 is 1.43 bits per heavy atom. The Labute approximate surface area is 85.5 Å². The van der Waals surface area contributed by atoms with Gasteiger partial charge in [-0.2, -0.15) is 0 Å². The number of rotatable bonds is 2. The molecule has 0 radical (unpaired) electrons. The summed E-state index contributed by atoms with van der Waals surface area (Å²) in [7, 11) is 0. The molecule has 2 unspecified atom stereocenters. The van der Waals surface area contributed by atoms with Crippen molar-refractivity contribution in [1.29, 1.82) is 0 Å². The Kier molecular flexibility index (Phi) is 2.40. The maximum absolute atomic E-state index is 5.96. The van der Waals surface area contributed by atoms with Crippen LogP contribution in [0.3, 0.4) is 0 Å². The third-order valence-electron chi connectivity index (χ3n) is 3.15. The predicted octanol–water partition coefficient (Wildman–Crippen LogP) is 2.78. The average molecular weight is 193 g/mol. The summed E-state index contributed by atoms with van der Waals surface area (Å²) in [6.45, 7) is 6.41. The van der Waals surface area contributed by atoms with Crippen LogP contribution in [0.4, 0.5) is 0 Å². The van der Waals surface area contributed by atoms with E-state index in [2.05, 4.69) is 26.8 Å². The fraction of sp³-hybridized carbons (Fsp3) is 0.667. The molecule has 0 aliphatic heterocycles. The van der Waals surface area contributed by atoms with Gasteiger partial charge in [0.2, 0.25) is 0 Å². The van der Waals surface area contributed by atoms with Crippen molar-refractivity contribution in [2.45, 2.75) is 51.5 Å². The fourth-order valence-electron chi connectivity index (χ4n) is 2.25. The summed E-state index contributed by atoms with van der Waals surface area (Å²) in [5, 5.41) is 0. The molecule has 1 aliphatic rings. The lowest BCUT2D eigenvalue weighted by Crippen LogP contribution is -2.22. The highest BCUT2D eigenvalue weighted by Gasteiger charge is 2.29. The largest absolute Gasteiger partial charge is 0.466 e. The smallest absolute Gasteiger partial charge is 0.107 e. The zero-order chi connectivity index (χ0) is 10.3. The van der Waals surface area contributed by atoms with Gasteiger partial charge in [0.15, 0.2) is 0 Å². The van der Waals surface area contributed by atoms with Crippen LogP contribution in [0.15, 0.2) is 10.5 Å². The maximum Gasteiger partial charge on any atom is 0.107 e. The second kappa shape index (κ2) is 3.43. The Morgan fingerprint density at radius 2 is 2.14 bits per heavy atom. The third-order valence-corrected chi connectivity index (χ3v) is 3.15. The first kappa shape index (κ1) is 9.78. The van der Waals surface area contributed by atoms with Crippen LogP contribution in [0.2, 0.25) is 0 Å². The Bertz CT molecular complexity index is 325. The van der Waals surface area contributed by atoms with Crippen molar-refractivity contribution in [2.24, 2.45) is 5.73 Å². The molecule has 0 spiro atoms. The van der Waals surface area contributed by atoms with Gasteiger partial charge < -0.3 is 10.2 Å². The molecule has 14 heavy (non-hydrogen) atoms. The van der Waals surface area contributed by atoms with Crippen LogP contribution in [0, 0.1) is 0 Å². The number of nitrogens with two attached hydrogens (primary N) is 1. The summed E-state index contributed by atoms with van der Waals surface area (Å²) in [5.74, 6) is 3.28. The molecule has 1 aromatic rings. The number of furan rings is 1. The van der Waals surface area contributed by atoms with Crippen molar-refractivity contribution in [3.63, 3.8) is 0 Å². The average Bonchev–Trinajstić information content (AvgIpc) is 2.58. The quantitative estimate of drug-likeness (QED) is 0.784. The van der Waals surface area contributed by atoms with Crippen molar-refractivity contribution in [1.82, 2.24) is 0 Å². The molecule has 0 bridgehead atoms. The summed E-state index contributed by atoms with van der Waals surface area (Å²) in [6.07, 6.45) is 2.22. The first-order valence-electron chi connectivity index (χ1n) is 5.47. The predicted molar refractivity (Wildman–Crippen MR) is 57.5 cm³/mol. The van der Waals surface area contributed by atoms with E-state index in [-0.39, 0.29) is 6.04 Å². The van der Waals surface area contributed by atoms with E-state index in [1.807, 2.05) is 0 Å². The van der Waals surface area contributed by atoms with Gasteiger partial charge >= 0.3 is 0 Å². The second-order valence-corrected chi connectivity index (χ2v) is 4.69. The molecular formula is C12H19NO. The minimum Gasteiger partial charge on any atom is -0.466 e. The molecule has 1 aliphatic carbocycles. The molecule has 2 heteroatoms. The molecule has 1 aromatic heterocycles. The topological polar surface area (TPSA) is 39.2 Å². The molecule has 2 N–H and O–H groups in total. The fourth-order valence-corrected chi connectivity index (χ4v) is 2.25. The number of fused-ring (bicyclic) bond motifs is 1. The molecule has 2 atom stereocenters. The number of hydrogen-bond acceptors (Lipinski definition) is 2. The van der Waals surface area contributed by atoms with Crippen LogP contribution in [-0.2, 0) is 6.42 Å². The van der Waals surface area contributed by atoms with Crippen LogP contribution < -0.4 is 5.73 Å². The Morgan fingerprint density at radius 3 is 2.71 bits per heavy atom. The molecule has 0 amide bonds. The van der Waals surface area contributed by atoms with Gasteiger partial charge in [-0.3, -0.25) is 0 Å². The minimum atomic E-state index is 0.244. The minimum absolute atomic E-state index is 0.244. The van der Waals surface area contributed by atoms with Gasteiger partial charge in [-0.05, 0) is 25.0 Å². The summed E-state index contributed by atoms with van der Waals surface area (Å²) in [5.41, 5.74) is 7.32. The Hall–Kier alpha value is -0.760. The monoisotopic (exact) mass is 193 g/mol. The molecule has 2 rings (SSSR count). The van der Waals surface area contributed by atoms with E-state index in [1.54, 1.807) is 0 Å². The van der Waals surface area contributed by atoms with E-state index in [4.69, 9.17) is 10.2 Å². The summed E-state index contributed by atoms with van der Waals surface area (Å²) in [4.78, 5) is 0. The lowest BCUT2D eigenvalue weighted by Gasteiger charge is -2.13. The maximum atomic E-state index is 5.96. The first-order valence-corrected chi connectivity index (χ1v) is 5.47. The molecule has 0 saturated carbocycles. The molecule has 1 heterocycles. The van der Waals surface area contributed by atoms with Crippen LogP contribution in [-0.4, -0.2) is 6.04 Å². The van der Waals surface area contributed by atoms with Crippen molar-refractivity contribution in [2.75, 3.05) is 0 Å². The highest BCUT2D eigenvalue weighted by Crippen LogP contribution is 2.38. The van der Waals surface area contributed by atoms with Crippen molar-refractivity contribution in [3.8, 4) is 0 Å². The van der Waals surface area contributed by atoms with Gasteiger partial charge in [0, 0.05) is 24.3 Å². The third kappa shape index (κ3) is 1.48. The van der Waals surface area contributed by atoms with E-state index < -0.39 is 0 Å². The normalized spacial score (nSPS) is 22.8. The van der Waals surface area contributed by atoms with E-state index in [9.17, 15) is 0 Å².